The molecule has 0 N–H and O–H groups in total. The predicted molar refractivity (Wildman–Crippen MR) is 102 cm³/mol. The maximum absolute atomic E-state index is 4.21. The topological polar surface area (TPSA) is 25.8 Å². The number of pyridine rings is 2. The van der Waals surface area contributed by atoms with Crippen LogP contribution in [0.5, 0.6) is 0 Å². The highest BCUT2D eigenvalue weighted by Crippen LogP contribution is 2.27. The second kappa shape index (κ2) is 6.59. The van der Waals surface area contributed by atoms with E-state index in [-0.39, 0.29) is 0 Å². The molecule has 0 aliphatic heterocycles. The van der Waals surface area contributed by atoms with Gasteiger partial charge in [-0.05, 0) is 65.4 Å². The van der Waals surface area contributed by atoms with E-state index in [4.69, 9.17) is 0 Å². The smallest absolute Gasteiger partial charge is 0.0432 e. The van der Waals surface area contributed by atoms with Crippen molar-refractivity contribution in [1.82, 2.24) is 9.97 Å². The van der Waals surface area contributed by atoms with Gasteiger partial charge in [-0.15, -0.1) is 0 Å². The Bertz CT molecular complexity index is 1090. The van der Waals surface area contributed by atoms with Crippen LogP contribution in [0.3, 0.4) is 0 Å². The third-order valence-corrected chi connectivity index (χ3v) is 4.19. The average molecular weight is 320 g/mol. The van der Waals surface area contributed by atoms with Gasteiger partial charge < -0.3 is 0 Å². The molecule has 0 saturated carbocycles. The Labute approximate surface area is 147 Å². The van der Waals surface area contributed by atoms with E-state index in [1.165, 1.54) is 27.5 Å². The van der Waals surface area contributed by atoms with Gasteiger partial charge in [0.1, 0.15) is 0 Å². The van der Waals surface area contributed by atoms with Crippen molar-refractivity contribution < 1.29 is 0 Å². The van der Waals surface area contributed by atoms with E-state index in [0.717, 1.165) is 11.1 Å². The lowest BCUT2D eigenvalue weighted by Gasteiger charge is -2.07. The summed E-state index contributed by atoms with van der Waals surface area (Å²) in [6.07, 6.45) is 7.28. The highest BCUT2D eigenvalue weighted by atomic mass is 14.6. The molecule has 0 radical (unpaired) electrons. The fraction of sp³-hybridized carbons (Fsp3) is 0.0435. The molecule has 2 heteroatoms. The molecule has 0 fully saturated rings. The van der Waals surface area contributed by atoms with E-state index >= 15 is 0 Å². The fourth-order valence-corrected chi connectivity index (χ4v) is 2.87. The number of benzene rings is 2. The Morgan fingerprint density at radius 1 is 0.720 bits per heavy atom. The number of fused-ring (bicyclic) bond motifs is 1. The van der Waals surface area contributed by atoms with Crippen LogP contribution in [0.4, 0.5) is 0 Å². The van der Waals surface area contributed by atoms with Crippen molar-refractivity contribution in [2.45, 2.75) is 6.92 Å². The van der Waals surface area contributed by atoms with E-state index < -0.39 is 0 Å². The van der Waals surface area contributed by atoms with Crippen molar-refractivity contribution in [3.8, 4) is 23.0 Å². The largest absolute Gasteiger partial charge is 0.264 e. The van der Waals surface area contributed by atoms with Crippen LogP contribution in [0.15, 0.2) is 79.4 Å². The summed E-state index contributed by atoms with van der Waals surface area (Å²) in [5.74, 6) is 6.32. The van der Waals surface area contributed by atoms with Crippen LogP contribution in [-0.2, 0) is 0 Å². The first-order chi connectivity index (χ1) is 12.3. The fourth-order valence-electron chi connectivity index (χ4n) is 2.87. The van der Waals surface area contributed by atoms with Gasteiger partial charge in [0.25, 0.3) is 0 Å². The SMILES string of the molecule is Cc1cc(-c2ccc(C#Cc3cccnc3)cc2)cc2ccncc12. The van der Waals surface area contributed by atoms with Crippen LogP contribution in [-0.4, -0.2) is 9.97 Å². The maximum atomic E-state index is 4.21. The summed E-state index contributed by atoms with van der Waals surface area (Å²) in [7, 11) is 0. The number of hydrogen-bond acceptors (Lipinski definition) is 2. The Kier molecular flexibility index (Phi) is 3.98. The molecule has 2 aromatic heterocycles. The molecule has 0 aliphatic rings. The lowest BCUT2D eigenvalue weighted by molar-refractivity contribution is 1.31. The summed E-state index contributed by atoms with van der Waals surface area (Å²) in [5, 5.41) is 2.41. The highest BCUT2D eigenvalue weighted by molar-refractivity contribution is 5.89. The third-order valence-electron chi connectivity index (χ3n) is 4.19. The highest BCUT2D eigenvalue weighted by Gasteiger charge is 2.03. The lowest BCUT2D eigenvalue weighted by Crippen LogP contribution is -1.85. The summed E-state index contributed by atoms with van der Waals surface area (Å²) < 4.78 is 0. The Morgan fingerprint density at radius 3 is 2.32 bits per heavy atom. The molecule has 0 aliphatic carbocycles. The number of rotatable bonds is 1. The lowest BCUT2D eigenvalue weighted by atomic mass is 9.98. The van der Waals surface area contributed by atoms with Crippen molar-refractivity contribution in [3.05, 3.63) is 96.1 Å². The number of hydrogen-bond donors (Lipinski definition) is 0. The van der Waals surface area contributed by atoms with Crippen LogP contribution < -0.4 is 0 Å². The van der Waals surface area contributed by atoms with Gasteiger partial charge in [0.2, 0.25) is 0 Å². The summed E-state index contributed by atoms with van der Waals surface area (Å²) in [6, 6.07) is 18.7. The van der Waals surface area contributed by atoms with Crippen LogP contribution >= 0.6 is 0 Å². The molecule has 2 heterocycles. The van der Waals surface area contributed by atoms with Crippen LogP contribution in [0, 0.1) is 18.8 Å². The standard InChI is InChI=1S/C23H16N2/c1-17-13-22(14-21-10-12-25-16-23(17)21)20-8-6-18(7-9-20)4-5-19-3-2-11-24-15-19/h2-3,6-16H,1H3. The number of aryl methyl sites for hydroxylation is 1. The molecule has 4 rings (SSSR count). The van der Waals surface area contributed by atoms with Crippen molar-refractivity contribution in [2.75, 3.05) is 0 Å². The Morgan fingerprint density at radius 2 is 1.52 bits per heavy atom. The minimum atomic E-state index is 0.922. The molecule has 0 atom stereocenters. The van der Waals surface area contributed by atoms with Gasteiger partial charge in [-0.25, -0.2) is 0 Å². The van der Waals surface area contributed by atoms with E-state index in [9.17, 15) is 0 Å². The van der Waals surface area contributed by atoms with Gasteiger partial charge in [0.05, 0.1) is 0 Å². The average Bonchev–Trinajstić information content (AvgIpc) is 2.68. The van der Waals surface area contributed by atoms with Crippen LogP contribution in [0.1, 0.15) is 16.7 Å². The zero-order valence-corrected chi connectivity index (χ0v) is 13.9. The predicted octanol–water partition coefficient (Wildman–Crippen LogP) is 5.01. The molecule has 0 bridgehead atoms. The van der Waals surface area contributed by atoms with Crippen molar-refractivity contribution >= 4 is 10.8 Å². The molecular weight excluding hydrogens is 304 g/mol. The molecule has 0 amide bonds. The number of aromatic nitrogens is 2. The first-order valence-corrected chi connectivity index (χ1v) is 8.16. The van der Waals surface area contributed by atoms with E-state index in [0.29, 0.717) is 0 Å². The molecule has 25 heavy (non-hydrogen) atoms. The molecule has 0 saturated heterocycles. The summed E-state index contributed by atoms with van der Waals surface area (Å²) in [4.78, 5) is 8.29. The normalized spacial score (nSPS) is 10.3. The monoisotopic (exact) mass is 320 g/mol. The quantitative estimate of drug-likeness (QED) is 0.461. The van der Waals surface area contributed by atoms with Gasteiger partial charge >= 0.3 is 0 Å². The minimum absolute atomic E-state index is 0.922. The van der Waals surface area contributed by atoms with Gasteiger partial charge in [-0.1, -0.05) is 30.0 Å². The van der Waals surface area contributed by atoms with Crippen molar-refractivity contribution in [1.29, 1.82) is 0 Å². The van der Waals surface area contributed by atoms with Gasteiger partial charge in [-0.3, -0.25) is 9.97 Å². The first kappa shape index (κ1) is 15.1. The molecule has 4 aromatic rings. The van der Waals surface area contributed by atoms with Gasteiger partial charge in [0, 0.05) is 41.3 Å². The molecular formula is C23H16N2. The zero-order chi connectivity index (χ0) is 17.1. The van der Waals surface area contributed by atoms with Crippen LogP contribution in [0.2, 0.25) is 0 Å². The maximum Gasteiger partial charge on any atom is 0.0432 e. The Balaban J connectivity index is 1.66. The summed E-state index contributed by atoms with van der Waals surface area (Å²) >= 11 is 0. The van der Waals surface area contributed by atoms with Crippen molar-refractivity contribution in [3.63, 3.8) is 0 Å². The summed E-state index contributed by atoms with van der Waals surface area (Å²) in [6.45, 7) is 2.13. The molecule has 0 spiro atoms. The molecule has 2 nitrogen and oxygen atoms in total. The molecule has 2 aromatic carbocycles. The van der Waals surface area contributed by atoms with Gasteiger partial charge in [-0.2, -0.15) is 0 Å². The molecule has 118 valence electrons. The Hall–Kier alpha value is -3.44. The first-order valence-electron chi connectivity index (χ1n) is 8.16. The second-order valence-corrected chi connectivity index (χ2v) is 5.96. The second-order valence-electron chi connectivity index (χ2n) is 5.96. The zero-order valence-electron chi connectivity index (χ0n) is 13.9. The van der Waals surface area contributed by atoms with Gasteiger partial charge in [0.15, 0.2) is 0 Å². The third kappa shape index (κ3) is 3.27. The van der Waals surface area contributed by atoms with E-state index in [1.807, 2.05) is 24.5 Å². The minimum Gasteiger partial charge on any atom is -0.264 e. The molecule has 0 unspecified atom stereocenters. The van der Waals surface area contributed by atoms with Crippen LogP contribution in [0.25, 0.3) is 21.9 Å². The summed E-state index contributed by atoms with van der Waals surface area (Å²) in [5.41, 5.74) is 5.55. The van der Waals surface area contributed by atoms with Crippen molar-refractivity contribution in [2.24, 2.45) is 0 Å². The van der Waals surface area contributed by atoms with E-state index in [2.05, 4.69) is 71.2 Å². The number of nitrogens with zero attached hydrogens (tertiary/aromatic N) is 2. The van der Waals surface area contributed by atoms with E-state index in [1.54, 1.807) is 12.4 Å².